The van der Waals surface area contributed by atoms with Crippen molar-refractivity contribution in [1.29, 1.82) is 0 Å². The van der Waals surface area contributed by atoms with Crippen molar-refractivity contribution in [3.63, 3.8) is 0 Å². The van der Waals surface area contributed by atoms with E-state index in [1.165, 1.54) is 0 Å². The molecule has 0 aliphatic heterocycles. The Morgan fingerprint density at radius 1 is 0.889 bits per heavy atom. The molecule has 0 aromatic rings. The van der Waals surface area contributed by atoms with Crippen LogP contribution in [0.25, 0.3) is 0 Å². The molecule has 0 heterocycles. The minimum absolute atomic E-state index is 0.343. The number of rotatable bonds is 4. The summed E-state index contributed by atoms with van der Waals surface area (Å²) in [6, 6.07) is 0. The summed E-state index contributed by atoms with van der Waals surface area (Å²) >= 11 is 0. The quantitative estimate of drug-likeness (QED) is 0.453. The van der Waals surface area contributed by atoms with Gasteiger partial charge in [0.05, 0.1) is 0 Å². The zero-order valence-corrected chi connectivity index (χ0v) is 9.55. The minimum atomic E-state index is -0.343. The molecule has 0 atom stereocenters. The first kappa shape index (κ1) is 9.31. The third-order valence-electron chi connectivity index (χ3n) is 0.699. The highest BCUT2D eigenvalue weighted by atomic mass is 28.3. The predicted octanol–water partition coefficient (Wildman–Crippen LogP) is -1.88. The zero-order valence-electron chi connectivity index (χ0n) is 6.72. The van der Waals surface area contributed by atoms with Crippen molar-refractivity contribution in [2.75, 3.05) is 28.2 Å². The Bertz CT molecular complexity index is 61.6. The summed E-state index contributed by atoms with van der Waals surface area (Å²) in [5.41, 5.74) is 0. The molecule has 0 fully saturated rings. The fraction of sp³-hybridized carbons (Fsp3) is 1.00. The third-order valence-corrected chi connectivity index (χ3v) is 3.19. The van der Waals surface area contributed by atoms with Crippen LogP contribution < -0.4 is 0 Å². The number of hydrogen-bond donors (Lipinski definition) is 0. The van der Waals surface area contributed by atoms with Crippen LogP contribution in [0.15, 0.2) is 0 Å². The smallest absolute Gasteiger partial charge is 0.227 e. The molecule has 0 spiro atoms. The summed E-state index contributed by atoms with van der Waals surface area (Å²) in [6.45, 7) is 0. The average molecular weight is 164 g/mol. The predicted molar refractivity (Wildman–Crippen MR) is 45.5 cm³/mol. The fourth-order valence-corrected chi connectivity index (χ4v) is 3.65. The Hall–Kier alpha value is 0.314. The van der Waals surface area contributed by atoms with Crippen LogP contribution in [0.5, 0.6) is 0 Å². The van der Waals surface area contributed by atoms with Gasteiger partial charge in [-0.05, 0) is 28.2 Å². The molecule has 9 heavy (non-hydrogen) atoms. The largest absolute Gasteiger partial charge is 0.441 e. The second-order valence-corrected chi connectivity index (χ2v) is 7.30. The molecule has 0 saturated heterocycles. The van der Waals surface area contributed by atoms with E-state index in [4.69, 9.17) is 4.12 Å². The second-order valence-electron chi connectivity index (χ2n) is 2.62. The Kier molecular flexibility index (Phi) is 5.31. The van der Waals surface area contributed by atoms with Gasteiger partial charge >= 0.3 is 0 Å². The molecule has 56 valence electrons. The molecule has 0 saturated carbocycles. The van der Waals surface area contributed by atoms with Crippen LogP contribution in [-0.2, 0) is 4.12 Å². The second kappa shape index (κ2) is 5.13. The van der Waals surface area contributed by atoms with E-state index in [0.717, 1.165) is 0 Å². The van der Waals surface area contributed by atoms with E-state index in [0.29, 0.717) is 0 Å². The summed E-state index contributed by atoms with van der Waals surface area (Å²) in [4.78, 5) is 0. The van der Waals surface area contributed by atoms with Crippen LogP contribution in [0.2, 0.25) is 0 Å². The average Bonchev–Trinajstić information content (AvgIpc) is 1.63. The van der Waals surface area contributed by atoms with Gasteiger partial charge in [-0.2, -0.15) is 0 Å². The molecule has 0 unspecified atom stereocenters. The Labute approximate surface area is 62.0 Å². The fourth-order valence-electron chi connectivity index (χ4n) is 0.406. The lowest BCUT2D eigenvalue weighted by molar-refractivity contribution is 0.471. The lowest BCUT2D eigenvalue weighted by Gasteiger charge is -2.12. The van der Waals surface area contributed by atoms with Crippen molar-refractivity contribution in [2.24, 2.45) is 0 Å². The van der Waals surface area contributed by atoms with E-state index in [1.54, 1.807) is 0 Å². The molecule has 5 heteroatoms. The van der Waals surface area contributed by atoms with Crippen LogP contribution in [-0.4, -0.2) is 57.2 Å². The number of nitrogens with zero attached hydrogens (tertiary/aromatic N) is 2. The van der Waals surface area contributed by atoms with E-state index < -0.39 is 0 Å². The van der Waals surface area contributed by atoms with Gasteiger partial charge in [0.25, 0.3) is 0 Å². The van der Waals surface area contributed by atoms with Crippen molar-refractivity contribution in [3.05, 3.63) is 0 Å². The van der Waals surface area contributed by atoms with E-state index >= 15 is 0 Å². The highest BCUT2D eigenvalue weighted by Gasteiger charge is 1.92. The van der Waals surface area contributed by atoms with Crippen molar-refractivity contribution in [3.8, 4) is 0 Å². The first-order valence-electron chi connectivity index (χ1n) is 3.00. The summed E-state index contributed by atoms with van der Waals surface area (Å²) in [7, 11) is 7.58. The normalized spacial score (nSPS) is 14.0. The topological polar surface area (TPSA) is 15.7 Å². The molecule has 3 nitrogen and oxygen atoms in total. The molecule has 0 aliphatic carbocycles. The molecule has 0 rings (SSSR count). The summed E-state index contributed by atoms with van der Waals surface area (Å²) in [6.07, 6.45) is 0. The Morgan fingerprint density at radius 3 is 1.44 bits per heavy atom. The van der Waals surface area contributed by atoms with Crippen molar-refractivity contribution >= 4 is 19.8 Å². The van der Waals surface area contributed by atoms with Crippen molar-refractivity contribution < 1.29 is 4.12 Å². The van der Waals surface area contributed by atoms with Crippen molar-refractivity contribution in [2.45, 2.75) is 0 Å². The lowest BCUT2D eigenvalue weighted by atomic mass is 11.3. The van der Waals surface area contributed by atoms with Gasteiger partial charge in [-0.1, -0.05) is 0 Å². The van der Waals surface area contributed by atoms with Gasteiger partial charge in [-0.15, -0.1) is 0 Å². The van der Waals surface area contributed by atoms with E-state index in [1.807, 2.05) is 0 Å². The van der Waals surface area contributed by atoms with Crippen LogP contribution in [0.3, 0.4) is 0 Å². The van der Waals surface area contributed by atoms with Gasteiger partial charge in [0, 0.05) is 0 Å². The summed E-state index contributed by atoms with van der Waals surface area (Å²) in [5, 5.41) is 0. The van der Waals surface area contributed by atoms with Crippen LogP contribution in [0.4, 0.5) is 0 Å². The van der Waals surface area contributed by atoms with Crippen LogP contribution in [0, 0.1) is 0 Å². The first-order chi connectivity index (χ1) is 4.13. The Balaban J connectivity index is 2.91. The summed E-state index contributed by atoms with van der Waals surface area (Å²) in [5.74, 6) is 0. The maximum Gasteiger partial charge on any atom is 0.227 e. The zero-order chi connectivity index (χ0) is 7.28. The number of hydrogen-bond acceptors (Lipinski definition) is 3. The SMILES string of the molecule is CN(C)[SiH2]O[SiH2]N(C)C. The third kappa shape index (κ3) is 8.31. The van der Waals surface area contributed by atoms with Crippen LogP contribution in [0.1, 0.15) is 0 Å². The van der Waals surface area contributed by atoms with E-state index in [9.17, 15) is 0 Å². The monoisotopic (exact) mass is 164 g/mol. The highest BCUT2D eigenvalue weighted by Crippen LogP contribution is 1.73. The van der Waals surface area contributed by atoms with Gasteiger partial charge in [0.1, 0.15) is 0 Å². The standard InChI is InChI=1S/C4H16N2OSi2/c1-5(2)8-7-9-6(3)4/h8-9H2,1-4H3. The maximum absolute atomic E-state index is 5.49. The lowest BCUT2D eigenvalue weighted by Crippen LogP contribution is -2.28. The van der Waals surface area contributed by atoms with Gasteiger partial charge in [-0.25, -0.2) is 0 Å². The van der Waals surface area contributed by atoms with E-state index in [-0.39, 0.29) is 19.8 Å². The molecule has 0 amide bonds. The maximum atomic E-state index is 5.49. The van der Waals surface area contributed by atoms with Gasteiger partial charge in [0.2, 0.25) is 19.8 Å². The molecule has 0 radical (unpaired) electrons. The molecular formula is C4H16N2OSi2. The summed E-state index contributed by atoms with van der Waals surface area (Å²) < 4.78 is 9.81. The highest BCUT2D eigenvalue weighted by molar-refractivity contribution is 6.38. The van der Waals surface area contributed by atoms with E-state index in [2.05, 4.69) is 37.3 Å². The molecule has 0 aliphatic rings. The Morgan fingerprint density at radius 2 is 1.22 bits per heavy atom. The van der Waals surface area contributed by atoms with Crippen LogP contribution >= 0.6 is 0 Å². The molecule has 0 N–H and O–H groups in total. The van der Waals surface area contributed by atoms with Gasteiger partial charge in [0.15, 0.2) is 0 Å². The van der Waals surface area contributed by atoms with Crippen molar-refractivity contribution in [1.82, 2.24) is 9.13 Å². The van der Waals surface area contributed by atoms with Gasteiger partial charge in [-0.3, -0.25) is 0 Å². The molecule has 0 aromatic carbocycles. The first-order valence-corrected chi connectivity index (χ1v) is 5.42. The molecule has 0 aromatic heterocycles. The molecule has 0 bridgehead atoms. The minimum Gasteiger partial charge on any atom is -0.441 e. The van der Waals surface area contributed by atoms with Gasteiger partial charge < -0.3 is 13.2 Å². The molecular weight excluding hydrogens is 148 g/mol.